The van der Waals surface area contributed by atoms with Crippen LogP contribution in [0, 0.1) is 5.92 Å². The molecule has 7 heteroatoms. The minimum absolute atomic E-state index is 0.0376. The second-order valence-corrected chi connectivity index (χ2v) is 7.22. The van der Waals surface area contributed by atoms with Gasteiger partial charge < -0.3 is 9.47 Å². The van der Waals surface area contributed by atoms with E-state index in [4.69, 9.17) is 21.1 Å². The second-order valence-electron chi connectivity index (χ2n) is 5.69. The molecule has 24 heavy (non-hydrogen) atoms. The minimum Gasteiger partial charge on any atom is -0.381 e. The number of aromatic nitrogens is 1. The Kier molecular flexibility index (Phi) is 6.20. The lowest BCUT2D eigenvalue weighted by Crippen LogP contribution is -2.20. The van der Waals surface area contributed by atoms with E-state index in [-0.39, 0.29) is 12.5 Å². The normalized spacial score (nSPS) is 17.1. The van der Waals surface area contributed by atoms with Crippen LogP contribution < -0.4 is 5.32 Å². The Morgan fingerprint density at radius 3 is 3.12 bits per heavy atom. The number of carbonyl (C=O) groups is 1. The van der Waals surface area contributed by atoms with Gasteiger partial charge in [0.2, 0.25) is 0 Å². The molecule has 2 heterocycles. The maximum atomic E-state index is 11.9. The van der Waals surface area contributed by atoms with Crippen LogP contribution in [0.25, 0.3) is 0 Å². The van der Waals surface area contributed by atoms with Gasteiger partial charge in [-0.15, -0.1) is 11.3 Å². The van der Waals surface area contributed by atoms with Gasteiger partial charge in [0.25, 0.3) is 5.91 Å². The summed E-state index contributed by atoms with van der Waals surface area (Å²) in [4.78, 5) is 17.2. The van der Waals surface area contributed by atoms with Gasteiger partial charge in [0.05, 0.1) is 13.2 Å². The number of rotatable bonds is 7. The van der Waals surface area contributed by atoms with Crippen molar-refractivity contribution in [2.75, 3.05) is 31.7 Å². The summed E-state index contributed by atoms with van der Waals surface area (Å²) in [5, 5.41) is 4.08. The average Bonchev–Trinajstić information content (AvgIpc) is 3.22. The van der Waals surface area contributed by atoms with E-state index in [0.29, 0.717) is 24.1 Å². The number of anilines is 1. The zero-order valence-corrected chi connectivity index (χ0v) is 14.7. The van der Waals surface area contributed by atoms with Gasteiger partial charge in [0.1, 0.15) is 6.61 Å². The number of halogens is 1. The third-order valence-corrected chi connectivity index (χ3v) is 5.01. The molecule has 1 unspecified atom stereocenters. The van der Waals surface area contributed by atoms with Crippen LogP contribution in [0.5, 0.6) is 0 Å². The monoisotopic (exact) mass is 366 g/mol. The summed E-state index contributed by atoms with van der Waals surface area (Å²) in [7, 11) is 0. The van der Waals surface area contributed by atoms with E-state index >= 15 is 0 Å². The van der Waals surface area contributed by atoms with E-state index < -0.39 is 0 Å². The predicted molar refractivity (Wildman–Crippen MR) is 94.7 cm³/mol. The third-order valence-electron chi connectivity index (χ3n) is 3.73. The Hall–Kier alpha value is -1.47. The first-order valence-corrected chi connectivity index (χ1v) is 9.03. The van der Waals surface area contributed by atoms with Gasteiger partial charge in [-0.05, 0) is 18.1 Å². The Morgan fingerprint density at radius 2 is 2.33 bits per heavy atom. The molecular formula is C17H19ClN2O3S. The van der Waals surface area contributed by atoms with Gasteiger partial charge in [0.15, 0.2) is 5.13 Å². The number of nitrogens with one attached hydrogen (secondary N) is 1. The topological polar surface area (TPSA) is 60.5 Å². The molecule has 1 fully saturated rings. The van der Waals surface area contributed by atoms with Crippen LogP contribution in [0.15, 0.2) is 30.5 Å². The van der Waals surface area contributed by atoms with Gasteiger partial charge in [-0.1, -0.05) is 29.8 Å². The van der Waals surface area contributed by atoms with Crippen LogP contribution in [0.2, 0.25) is 5.02 Å². The summed E-state index contributed by atoms with van der Waals surface area (Å²) in [6.45, 7) is 2.10. The molecular weight excluding hydrogens is 348 g/mol. The zero-order chi connectivity index (χ0) is 16.8. The Morgan fingerprint density at radius 1 is 1.46 bits per heavy atom. The number of nitrogens with zero attached hydrogens (tertiary/aromatic N) is 1. The first-order chi connectivity index (χ1) is 11.7. The number of amides is 1. The van der Waals surface area contributed by atoms with Crippen molar-refractivity contribution in [2.24, 2.45) is 5.92 Å². The fraction of sp³-hybridized carbons (Fsp3) is 0.412. The molecule has 0 radical (unpaired) electrons. The predicted octanol–water partition coefficient (Wildman–Crippen LogP) is 3.38. The quantitative estimate of drug-likeness (QED) is 0.816. The van der Waals surface area contributed by atoms with Crippen molar-refractivity contribution in [3.05, 3.63) is 45.9 Å². The van der Waals surface area contributed by atoms with E-state index in [9.17, 15) is 4.79 Å². The standard InChI is InChI=1S/C17H19ClN2O3S/c18-15-4-2-1-3-13(15)7-14-8-19-17(24-14)20-16(21)11-23-10-12-5-6-22-9-12/h1-4,8,12H,5-7,9-11H2,(H,19,20,21). The van der Waals surface area contributed by atoms with Gasteiger partial charge in [-0.25, -0.2) is 4.98 Å². The van der Waals surface area contributed by atoms with Gasteiger partial charge >= 0.3 is 0 Å². The number of hydrogen-bond donors (Lipinski definition) is 1. The molecule has 1 aliphatic rings. The molecule has 1 amide bonds. The first kappa shape index (κ1) is 17.4. The van der Waals surface area contributed by atoms with Crippen LogP contribution in [0.1, 0.15) is 16.9 Å². The molecule has 3 rings (SSSR count). The summed E-state index contributed by atoms with van der Waals surface area (Å²) in [6.07, 6.45) is 3.46. The minimum atomic E-state index is -0.187. The summed E-state index contributed by atoms with van der Waals surface area (Å²) in [6, 6.07) is 7.72. The number of benzene rings is 1. The summed E-state index contributed by atoms with van der Waals surface area (Å²) < 4.78 is 10.7. The molecule has 1 aromatic carbocycles. The fourth-order valence-corrected chi connectivity index (χ4v) is 3.52. The molecule has 5 nitrogen and oxygen atoms in total. The highest BCUT2D eigenvalue weighted by atomic mass is 35.5. The Balaban J connectivity index is 1.45. The van der Waals surface area contributed by atoms with E-state index in [1.54, 1.807) is 6.20 Å². The van der Waals surface area contributed by atoms with E-state index in [1.807, 2.05) is 24.3 Å². The van der Waals surface area contributed by atoms with E-state index in [2.05, 4.69) is 10.3 Å². The highest BCUT2D eigenvalue weighted by molar-refractivity contribution is 7.15. The van der Waals surface area contributed by atoms with Crippen molar-refractivity contribution in [3.8, 4) is 0 Å². The average molecular weight is 367 g/mol. The molecule has 128 valence electrons. The maximum absolute atomic E-state index is 11.9. The molecule has 0 bridgehead atoms. The summed E-state index contributed by atoms with van der Waals surface area (Å²) >= 11 is 7.61. The number of hydrogen-bond acceptors (Lipinski definition) is 5. The van der Waals surface area contributed by atoms with Crippen molar-refractivity contribution < 1.29 is 14.3 Å². The van der Waals surface area contributed by atoms with E-state index in [0.717, 1.165) is 35.1 Å². The SMILES string of the molecule is O=C(COCC1CCOC1)Nc1ncc(Cc2ccccc2Cl)s1. The lowest BCUT2D eigenvalue weighted by molar-refractivity contribution is -0.121. The summed E-state index contributed by atoms with van der Waals surface area (Å²) in [5.41, 5.74) is 1.04. The highest BCUT2D eigenvalue weighted by Gasteiger charge is 2.16. The molecule has 1 aromatic heterocycles. The number of carbonyl (C=O) groups excluding carboxylic acids is 1. The van der Waals surface area contributed by atoms with Crippen LogP contribution in [0.3, 0.4) is 0 Å². The number of thiazole rings is 1. The van der Waals surface area contributed by atoms with E-state index in [1.165, 1.54) is 11.3 Å². The van der Waals surface area contributed by atoms with Gasteiger partial charge in [0, 0.05) is 35.0 Å². The molecule has 1 saturated heterocycles. The molecule has 2 aromatic rings. The van der Waals surface area contributed by atoms with Crippen molar-refractivity contribution >= 4 is 34.0 Å². The summed E-state index contributed by atoms with van der Waals surface area (Å²) in [5.74, 6) is 0.215. The smallest absolute Gasteiger partial charge is 0.252 e. The third kappa shape index (κ3) is 5.01. The van der Waals surface area contributed by atoms with Crippen LogP contribution in [0.4, 0.5) is 5.13 Å². The largest absolute Gasteiger partial charge is 0.381 e. The van der Waals surface area contributed by atoms with Crippen molar-refractivity contribution in [2.45, 2.75) is 12.8 Å². The molecule has 0 spiro atoms. The Labute approximate surface area is 150 Å². The van der Waals surface area contributed by atoms with Crippen LogP contribution >= 0.6 is 22.9 Å². The molecule has 0 saturated carbocycles. The molecule has 1 atom stereocenters. The highest BCUT2D eigenvalue weighted by Crippen LogP contribution is 2.24. The van der Waals surface area contributed by atoms with Crippen LogP contribution in [-0.4, -0.2) is 37.3 Å². The number of ether oxygens (including phenoxy) is 2. The van der Waals surface area contributed by atoms with Crippen molar-refractivity contribution in [1.82, 2.24) is 4.98 Å². The van der Waals surface area contributed by atoms with Crippen LogP contribution in [-0.2, 0) is 20.7 Å². The first-order valence-electron chi connectivity index (χ1n) is 7.84. The lowest BCUT2D eigenvalue weighted by atomic mass is 10.1. The lowest BCUT2D eigenvalue weighted by Gasteiger charge is -2.08. The maximum Gasteiger partial charge on any atom is 0.252 e. The van der Waals surface area contributed by atoms with Gasteiger partial charge in [-0.2, -0.15) is 0 Å². The molecule has 1 N–H and O–H groups in total. The fourth-order valence-electron chi connectivity index (χ4n) is 2.46. The van der Waals surface area contributed by atoms with Gasteiger partial charge in [-0.3, -0.25) is 10.1 Å². The Bertz CT molecular complexity index is 686. The molecule has 0 aliphatic carbocycles. The second kappa shape index (κ2) is 8.58. The molecule has 1 aliphatic heterocycles. The zero-order valence-electron chi connectivity index (χ0n) is 13.2. The van der Waals surface area contributed by atoms with Crippen molar-refractivity contribution in [1.29, 1.82) is 0 Å². The van der Waals surface area contributed by atoms with Crippen molar-refractivity contribution in [3.63, 3.8) is 0 Å².